The summed E-state index contributed by atoms with van der Waals surface area (Å²) in [5.74, 6) is 0.847. The molecule has 1 aromatic heterocycles. The predicted octanol–water partition coefficient (Wildman–Crippen LogP) is 1.82. The molecule has 0 amide bonds. The van der Waals surface area contributed by atoms with Crippen molar-refractivity contribution in [1.82, 2.24) is 15.1 Å². The summed E-state index contributed by atoms with van der Waals surface area (Å²) in [6.45, 7) is 11.8. The number of nitrogens with zero attached hydrogens (tertiary/aromatic N) is 3. The molecule has 6 heteroatoms. The Morgan fingerprint density at radius 1 is 1.45 bits per heavy atom. The van der Waals surface area contributed by atoms with Crippen molar-refractivity contribution >= 4 is 5.96 Å². The van der Waals surface area contributed by atoms with Gasteiger partial charge in [-0.2, -0.15) is 5.10 Å². The maximum atomic E-state index is 5.98. The van der Waals surface area contributed by atoms with E-state index in [-0.39, 0.29) is 11.6 Å². The maximum absolute atomic E-state index is 5.98. The first-order valence-corrected chi connectivity index (χ1v) is 7.89. The molecular weight excluding hydrogens is 278 g/mol. The van der Waals surface area contributed by atoms with Gasteiger partial charge in [-0.15, -0.1) is 0 Å². The van der Waals surface area contributed by atoms with Crippen molar-refractivity contribution in [3.05, 3.63) is 17.0 Å². The zero-order valence-electron chi connectivity index (χ0n) is 14.6. The highest BCUT2D eigenvalue weighted by Crippen LogP contribution is 2.37. The molecule has 22 heavy (non-hydrogen) atoms. The van der Waals surface area contributed by atoms with Crippen molar-refractivity contribution in [2.24, 2.45) is 23.7 Å². The molecule has 2 atom stereocenters. The van der Waals surface area contributed by atoms with Crippen molar-refractivity contribution in [2.45, 2.75) is 52.7 Å². The zero-order valence-corrected chi connectivity index (χ0v) is 14.6. The lowest BCUT2D eigenvalue weighted by Gasteiger charge is -2.22. The average molecular weight is 307 g/mol. The van der Waals surface area contributed by atoms with Crippen molar-refractivity contribution in [2.75, 3.05) is 13.2 Å². The van der Waals surface area contributed by atoms with Crippen LogP contribution in [0.2, 0.25) is 0 Å². The number of aryl methyl sites for hydroxylation is 2. The van der Waals surface area contributed by atoms with E-state index in [9.17, 15) is 0 Å². The van der Waals surface area contributed by atoms with Gasteiger partial charge >= 0.3 is 0 Å². The Balaban J connectivity index is 2.10. The molecule has 1 aliphatic rings. The Hall–Kier alpha value is -1.56. The molecule has 2 rings (SSSR count). The summed E-state index contributed by atoms with van der Waals surface area (Å²) in [5, 5.41) is 7.69. The molecule has 0 unspecified atom stereocenters. The molecule has 1 aromatic rings. The topological polar surface area (TPSA) is 77.5 Å². The van der Waals surface area contributed by atoms with Crippen LogP contribution >= 0.6 is 0 Å². The lowest BCUT2D eigenvalue weighted by molar-refractivity contribution is 0.0915. The van der Waals surface area contributed by atoms with Crippen LogP contribution in [0.5, 0.6) is 0 Å². The zero-order chi connectivity index (χ0) is 16.5. The average Bonchev–Trinajstić information content (AvgIpc) is 2.91. The highest BCUT2D eigenvalue weighted by Gasteiger charge is 2.33. The minimum atomic E-state index is -0.0737. The largest absolute Gasteiger partial charge is 0.373 e. The molecule has 0 aliphatic carbocycles. The van der Waals surface area contributed by atoms with E-state index in [4.69, 9.17) is 10.5 Å². The number of ether oxygens (including phenoxy) is 1. The fourth-order valence-electron chi connectivity index (χ4n) is 2.98. The predicted molar refractivity (Wildman–Crippen MR) is 88.9 cm³/mol. The maximum Gasteiger partial charge on any atom is 0.188 e. The van der Waals surface area contributed by atoms with Crippen molar-refractivity contribution < 1.29 is 4.74 Å². The monoisotopic (exact) mass is 307 g/mol. The Morgan fingerprint density at radius 2 is 2.14 bits per heavy atom. The van der Waals surface area contributed by atoms with Gasteiger partial charge < -0.3 is 15.8 Å². The summed E-state index contributed by atoms with van der Waals surface area (Å²) < 4.78 is 7.89. The SMILES string of the molecule is Cc1nn(C)c(C)c1[C@@H]1OCC[C@H]1CN=C(N)NC(C)(C)C. The first-order chi connectivity index (χ1) is 10.2. The highest BCUT2D eigenvalue weighted by atomic mass is 16.5. The smallest absolute Gasteiger partial charge is 0.188 e. The second-order valence-corrected chi connectivity index (χ2v) is 7.15. The lowest BCUT2D eigenvalue weighted by atomic mass is 9.94. The Morgan fingerprint density at radius 3 is 2.68 bits per heavy atom. The number of aliphatic imine (C=N–C) groups is 1. The standard InChI is InChI=1S/C16H29N5O/c1-10-13(11(2)21(6)20-10)14-12(7-8-22-14)9-18-15(17)19-16(3,4)5/h12,14H,7-9H2,1-6H3,(H3,17,18,19)/t12-,14+/m0/s1. The molecule has 0 bridgehead atoms. The third-order valence-electron chi connectivity index (χ3n) is 4.06. The highest BCUT2D eigenvalue weighted by molar-refractivity contribution is 5.78. The number of guanidine groups is 1. The molecule has 0 saturated carbocycles. The van der Waals surface area contributed by atoms with Crippen LogP contribution in [-0.2, 0) is 11.8 Å². The minimum Gasteiger partial charge on any atom is -0.373 e. The molecule has 3 N–H and O–H groups in total. The van der Waals surface area contributed by atoms with Crippen molar-refractivity contribution in [3.8, 4) is 0 Å². The summed E-state index contributed by atoms with van der Waals surface area (Å²) in [4.78, 5) is 4.51. The summed E-state index contributed by atoms with van der Waals surface area (Å²) in [5.41, 5.74) is 9.31. The molecule has 1 aliphatic heterocycles. The first-order valence-electron chi connectivity index (χ1n) is 7.89. The van der Waals surface area contributed by atoms with Crippen molar-refractivity contribution in [1.29, 1.82) is 0 Å². The van der Waals surface area contributed by atoms with Gasteiger partial charge in [0.05, 0.1) is 11.8 Å². The van der Waals surface area contributed by atoms with Crippen LogP contribution in [0.4, 0.5) is 0 Å². The van der Waals surface area contributed by atoms with E-state index in [1.165, 1.54) is 11.3 Å². The van der Waals surface area contributed by atoms with Crippen LogP contribution in [0.1, 0.15) is 50.2 Å². The molecule has 0 radical (unpaired) electrons. The molecular formula is C16H29N5O. The number of nitrogens with one attached hydrogen (secondary N) is 1. The van der Waals surface area contributed by atoms with Gasteiger partial charge in [-0.3, -0.25) is 9.67 Å². The van der Waals surface area contributed by atoms with Crippen LogP contribution < -0.4 is 11.1 Å². The van der Waals surface area contributed by atoms with Crippen LogP contribution in [-0.4, -0.2) is 34.4 Å². The molecule has 2 heterocycles. The summed E-state index contributed by atoms with van der Waals surface area (Å²) >= 11 is 0. The van der Waals surface area contributed by atoms with Crippen LogP contribution in [0.15, 0.2) is 4.99 Å². The van der Waals surface area contributed by atoms with Gasteiger partial charge in [0.2, 0.25) is 0 Å². The summed E-state index contributed by atoms with van der Waals surface area (Å²) in [7, 11) is 1.97. The Bertz CT molecular complexity index is 556. The quantitative estimate of drug-likeness (QED) is 0.659. The van der Waals surface area contributed by atoms with Gasteiger partial charge in [0.15, 0.2) is 5.96 Å². The number of nitrogens with two attached hydrogens (primary N) is 1. The third kappa shape index (κ3) is 3.80. The minimum absolute atomic E-state index is 0.0693. The van der Waals surface area contributed by atoms with Gasteiger partial charge in [-0.05, 0) is 41.0 Å². The van der Waals surface area contributed by atoms with Crippen LogP contribution in [0.3, 0.4) is 0 Å². The van der Waals surface area contributed by atoms with Gasteiger partial charge in [-0.1, -0.05) is 0 Å². The van der Waals surface area contributed by atoms with E-state index in [2.05, 4.69) is 43.1 Å². The second-order valence-electron chi connectivity index (χ2n) is 7.15. The molecule has 6 nitrogen and oxygen atoms in total. The van der Waals surface area contributed by atoms with Gasteiger partial charge in [0, 0.05) is 42.9 Å². The number of rotatable bonds is 3. The molecule has 1 fully saturated rings. The van der Waals surface area contributed by atoms with Gasteiger partial charge in [0.25, 0.3) is 0 Å². The fourth-order valence-corrected chi connectivity index (χ4v) is 2.98. The number of aromatic nitrogens is 2. The lowest BCUT2D eigenvalue weighted by Crippen LogP contribution is -2.45. The van der Waals surface area contributed by atoms with Gasteiger partial charge in [0.1, 0.15) is 0 Å². The molecule has 0 spiro atoms. The van der Waals surface area contributed by atoms with Crippen LogP contribution in [0, 0.1) is 19.8 Å². The molecule has 1 saturated heterocycles. The second kappa shape index (κ2) is 6.28. The summed E-state index contributed by atoms with van der Waals surface area (Å²) in [6.07, 6.45) is 1.07. The normalized spacial score (nSPS) is 23.1. The molecule has 0 aromatic carbocycles. The summed E-state index contributed by atoms with van der Waals surface area (Å²) in [6, 6.07) is 0. The number of hydrogen-bond donors (Lipinski definition) is 2. The molecule has 124 valence electrons. The van der Waals surface area contributed by atoms with E-state index in [1.54, 1.807) is 0 Å². The fraction of sp³-hybridized carbons (Fsp3) is 0.750. The van der Waals surface area contributed by atoms with E-state index in [0.717, 1.165) is 18.7 Å². The van der Waals surface area contributed by atoms with Gasteiger partial charge in [-0.25, -0.2) is 0 Å². The van der Waals surface area contributed by atoms with Crippen molar-refractivity contribution in [3.63, 3.8) is 0 Å². The third-order valence-corrected chi connectivity index (χ3v) is 4.06. The van der Waals surface area contributed by atoms with Crippen LogP contribution in [0.25, 0.3) is 0 Å². The number of hydrogen-bond acceptors (Lipinski definition) is 3. The van der Waals surface area contributed by atoms with E-state index >= 15 is 0 Å². The van der Waals surface area contributed by atoms with E-state index < -0.39 is 0 Å². The van der Waals surface area contributed by atoms with E-state index in [1.807, 2.05) is 18.7 Å². The Kier molecular flexibility index (Phi) is 4.80. The first kappa shape index (κ1) is 16.8. The van der Waals surface area contributed by atoms with E-state index in [0.29, 0.717) is 18.4 Å². The Labute approximate surface area is 133 Å².